The van der Waals surface area contributed by atoms with Gasteiger partial charge in [-0.25, -0.2) is 9.98 Å². The fraction of sp³-hybridized carbons (Fsp3) is 0.164. The molecule has 6 aromatic rings. The lowest BCUT2D eigenvalue weighted by molar-refractivity contribution is 0.430. The number of benzene rings is 6. The number of amidine groups is 2. The average Bonchev–Trinajstić information content (AvgIpc) is 3.60. The van der Waals surface area contributed by atoms with Crippen LogP contribution < -0.4 is 15.0 Å². The van der Waals surface area contributed by atoms with Crippen LogP contribution in [-0.2, 0) is 10.8 Å². The number of fused-ring (bicyclic) bond motifs is 9. The first-order valence-electron chi connectivity index (χ1n) is 21.3. The van der Waals surface area contributed by atoms with E-state index in [1.54, 1.807) is 0 Å². The van der Waals surface area contributed by atoms with E-state index in [1.807, 2.05) is 6.07 Å². The molecular formula is C55H44N4O. The molecule has 60 heavy (non-hydrogen) atoms. The molecule has 3 heterocycles. The molecule has 2 atom stereocenters. The Balaban J connectivity index is 1.00. The quantitative estimate of drug-likeness (QED) is 0.194. The maximum Gasteiger partial charge on any atom is 0.169 e. The van der Waals surface area contributed by atoms with E-state index < -0.39 is 11.6 Å². The topological polar surface area (TPSA) is 49.2 Å². The summed E-state index contributed by atoms with van der Waals surface area (Å²) in [5.41, 5.74) is 16.6. The second-order valence-corrected chi connectivity index (χ2v) is 17.1. The zero-order valence-electron chi connectivity index (χ0n) is 33.8. The second kappa shape index (κ2) is 13.3. The van der Waals surface area contributed by atoms with Gasteiger partial charge in [0.05, 0.1) is 11.0 Å². The van der Waals surface area contributed by atoms with Gasteiger partial charge in [0.15, 0.2) is 6.17 Å². The summed E-state index contributed by atoms with van der Waals surface area (Å²) in [6.45, 7) is 4.71. The molecule has 3 aliphatic heterocycles. The van der Waals surface area contributed by atoms with Crippen LogP contribution in [0.15, 0.2) is 197 Å². The molecule has 3 aliphatic carbocycles. The number of anilines is 2. The highest BCUT2D eigenvalue weighted by atomic mass is 16.5. The van der Waals surface area contributed by atoms with Crippen molar-refractivity contribution in [1.29, 1.82) is 0 Å². The summed E-state index contributed by atoms with van der Waals surface area (Å²) < 4.78 is 7.08. The minimum Gasteiger partial charge on any atom is -0.456 e. The van der Waals surface area contributed by atoms with Gasteiger partial charge in [0.25, 0.3) is 0 Å². The van der Waals surface area contributed by atoms with Crippen LogP contribution in [0.5, 0.6) is 11.5 Å². The number of ether oxygens (including phenoxy) is 1. The Morgan fingerprint density at radius 2 is 1.30 bits per heavy atom. The lowest BCUT2D eigenvalue weighted by Gasteiger charge is -2.44. The molecule has 1 spiro atoms. The number of allylic oxidation sites excluding steroid dienone is 8. The van der Waals surface area contributed by atoms with Gasteiger partial charge in [0.1, 0.15) is 23.2 Å². The third-order valence-corrected chi connectivity index (χ3v) is 13.6. The van der Waals surface area contributed by atoms with E-state index >= 15 is 0 Å². The third kappa shape index (κ3) is 4.99. The molecule has 0 saturated heterocycles. The fourth-order valence-corrected chi connectivity index (χ4v) is 10.9. The van der Waals surface area contributed by atoms with Crippen LogP contribution in [0.3, 0.4) is 0 Å². The monoisotopic (exact) mass is 776 g/mol. The van der Waals surface area contributed by atoms with Gasteiger partial charge in [-0.15, -0.1) is 0 Å². The Bertz CT molecular complexity index is 2960. The Hall–Kier alpha value is -6.98. The van der Waals surface area contributed by atoms with Crippen LogP contribution in [-0.4, -0.2) is 11.7 Å². The summed E-state index contributed by atoms with van der Waals surface area (Å²) in [6, 6.07) is 52.3. The molecule has 12 rings (SSSR count). The standard InChI is InChI=1S/C55H44N4O/c1-54(2)43-24-10-13-28-47(43)59(48-29-14-11-25-44(48)54)37-33-31-36(32-34-37)52-56-51(35-17-4-3-5-18-35)57-53(58-52)40-21-16-27-46-50(40)60-49-30-15-12-26-45(49)55(46)41-22-8-6-19-38(41)39-20-7-9-23-42(39)55/h3-8,10-13,15-22,24-28,30-34,52H,9,14,23,29H2,1-2H3,(H,56,57,58). The number of hydrogen-bond donors (Lipinski definition) is 1. The van der Waals surface area contributed by atoms with Crippen molar-refractivity contribution >= 4 is 28.6 Å². The van der Waals surface area contributed by atoms with Gasteiger partial charge in [-0.3, -0.25) is 0 Å². The maximum absolute atomic E-state index is 7.08. The summed E-state index contributed by atoms with van der Waals surface area (Å²) in [5.74, 6) is 3.24. The molecule has 5 nitrogen and oxygen atoms in total. The van der Waals surface area contributed by atoms with Crippen LogP contribution in [0, 0.1) is 0 Å². The summed E-state index contributed by atoms with van der Waals surface area (Å²) in [7, 11) is 0. The molecule has 6 aromatic carbocycles. The Kier molecular flexibility index (Phi) is 7.74. The highest BCUT2D eigenvalue weighted by Crippen LogP contribution is 2.63. The highest BCUT2D eigenvalue weighted by Gasteiger charge is 2.52. The first kappa shape index (κ1) is 35.0. The lowest BCUT2D eigenvalue weighted by atomic mass is 9.64. The van der Waals surface area contributed by atoms with E-state index in [-0.39, 0.29) is 5.41 Å². The minimum atomic E-state index is -0.483. The van der Waals surface area contributed by atoms with Crippen molar-refractivity contribution < 1.29 is 4.74 Å². The molecule has 0 radical (unpaired) electrons. The number of nitrogens with one attached hydrogen (secondary N) is 1. The Labute approximate surface area is 351 Å². The smallest absolute Gasteiger partial charge is 0.169 e. The maximum atomic E-state index is 7.08. The summed E-state index contributed by atoms with van der Waals surface area (Å²) >= 11 is 0. The molecule has 0 fully saturated rings. The van der Waals surface area contributed by atoms with E-state index in [4.69, 9.17) is 14.7 Å². The van der Waals surface area contributed by atoms with Gasteiger partial charge in [-0.1, -0.05) is 153 Å². The zero-order chi connectivity index (χ0) is 40.0. The number of rotatable bonds is 4. The average molecular weight is 777 g/mol. The van der Waals surface area contributed by atoms with E-state index in [0.29, 0.717) is 0 Å². The molecule has 0 saturated carbocycles. The van der Waals surface area contributed by atoms with E-state index in [9.17, 15) is 0 Å². The van der Waals surface area contributed by atoms with Crippen molar-refractivity contribution in [1.82, 2.24) is 5.32 Å². The molecule has 6 aliphatic rings. The largest absolute Gasteiger partial charge is 0.456 e. The lowest BCUT2D eigenvalue weighted by Crippen LogP contribution is -2.38. The van der Waals surface area contributed by atoms with Crippen LogP contribution in [0.1, 0.15) is 90.2 Å². The van der Waals surface area contributed by atoms with E-state index in [0.717, 1.165) is 76.8 Å². The number of para-hydroxylation sites is 3. The summed E-state index contributed by atoms with van der Waals surface area (Å²) in [6.07, 6.45) is 12.9. The third-order valence-electron chi connectivity index (χ3n) is 13.6. The molecule has 5 heteroatoms. The number of aliphatic imine (C=N–C) groups is 2. The van der Waals surface area contributed by atoms with Gasteiger partial charge < -0.3 is 15.0 Å². The summed E-state index contributed by atoms with van der Waals surface area (Å²) in [4.78, 5) is 13.2. The molecular weight excluding hydrogens is 733 g/mol. The molecule has 2 unspecified atom stereocenters. The molecule has 1 N–H and O–H groups in total. The molecule has 0 amide bonds. The highest BCUT2D eigenvalue weighted by molar-refractivity contribution is 6.17. The van der Waals surface area contributed by atoms with Crippen LogP contribution in [0.4, 0.5) is 11.4 Å². The predicted octanol–water partition coefficient (Wildman–Crippen LogP) is 12.8. The van der Waals surface area contributed by atoms with Gasteiger partial charge in [-0.2, -0.15) is 0 Å². The van der Waals surface area contributed by atoms with Crippen LogP contribution >= 0.6 is 0 Å². The van der Waals surface area contributed by atoms with Crippen molar-refractivity contribution in [3.05, 3.63) is 231 Å². The first-order valence-corrected chi connectivity index (χ1v) is 21.3. The SMILES string of the molecule is CC1(C)C2=C(CCC=C2)N(c2ccc(C3N=C(c4ccccc4)NC(c4cccc5c4Oc4ccccc4C54C5=C(C=CCC5)c5ccccc54)=N3)cc2)c2ccccc21. The molecule has 290 valence electrons. The molecule has 0 aromatic heterocycles. The Morgan fingerprint density at radius 1 is 0.617 bits per heavy atom. The van der Waals surface area contributed by atoms with E-state index in [2.05, 4.69) is 188 Å². The second-order valence-electron chi connectivity index (χ2n) is 17.1. The molecule has 0 bridgehead atoms. The van der Waals surface area contributed by atoms with Crippen molar-refractivity contribution in [2.45, 2.75) is 56.5 Å². The van der Waals surface area contributed by atoms with Gasteiger partial charge in [0, 0.05) is 39.2 Å². The zero-order valence-corrected chi connectivity index (χ0v) is 33.8. The van der Waals surface area contributed by atoms with Gasteiger partial charge in [-0.05, 0) is 95.0 Å². The van der Waals surface area contributed by atoms with E-state index in [1.165, 1.54) is 50.4 Å². The van der Waals surface area contributed by atoms with Crippen LogP contribution in [0.2, 0.25) is 0 Å². The first-order chi connectivity index (χ1) is 29.5. The normalized spacial score (nSPS) is 21.4. The van der Waals surface area contributed by atoms with Crippen molar-refractivity contribution in [3.63, 3.8) is 0 Å². The fourth-order valence-electron chi connectivity index (χ4n) is 10.9. The van der Waals surface area contributed by atoms with Crippen molar-refractivity contribution in [3.8, 4) is 11.5 Å². The minimum absolute atomic E-state index is 0.0715. The Morgan fingerprint density at radius 3 is 2.17 bits per heavy atom. The van der Waals surface area contributed by atoms with Crippen molar-refractivity contribution in [2.75, 3.05) is 4.90 Å². The summed E-state index contributed by atoms with van der Waals surface area (Å²) in [5, 5.41) is 3.70. The van der Waals surface area contributed by atoms with Crippen molar-refractivity contribution in [2.24, 2.45) is 9.98 Å². The van der Waals surface area contributed by atoms with Crippen LogP contribution in [0.25, 0.3) is 5.57 Å². The predicted molar refractivity (Wildman–Crippen MR) is 243 cm³/mol. The van der Waals surface area contributed by atoms with Gasteiger partial charge in [0.2, 0.25) is 0 Å². The van der Waals surface area contributed by atoms with Gasteiger partial charge >= 0.3 is 0 Å². The number of hydrogen-bond acceptors (Lipinski definition) is 5. The number of nitrogens with zero attached hydrogens (tertiary/aromatic N) is 3.